The van der Waals surface area contributed by atoms with Crippen molar-refractivity contribution in [3.8, 4) is 0 Å². The van der Waals surface area contributed by atoms with Crippen molar-refractivity contribution in [3.63, 3.8) is 0 Å². The van der Waals surface area contributed by atoms with Gasteiger partial charge in [-0.1, -0.05) is 0 Å². The first-order chi connectivity index (χ1) is 8.01. The van der Waals surface area contributed by atoms with Crippen molar-refractivity contribution in [2.24, 2.45) is 0 Å². The number of rotatable bonds is 5. The third-order valence-electron chi connectivity index (χ3n) is 2.61. The fraction of sp³-hybridized carbons (Fsp3) is 0.583. The van der Waals surface area contributed by atoms with Gasteiger partial charge >= 0.3 is 0 Å². The molecule has 0 aliphatic carbocycles. The van der Waals surface area contributed by atoms with E-state index in [9.17, 15) is 4.79 Å². The minimum Gasteiger partial charge on any atom is -0.383 e. The van der Waals surface area contributed by atoms with Crippen molar-refractivity contribution in [3.05, 3.63) is 20.3 Å². The number of halogens is 1. The van der Waals surface area contributed by atoms with Crippen LogP contribution in [0.15, 0.2) is 9.85 Å². The molecule has 96 valence electrons. The molecule has 0 bridgehead atoms. The standard InChI is InChI=1S/C12H18BrNO2S/c1-5-14(9(3)7-16-4)12(15)10-6-8(2)11(13)17-10/h6,9H,5,7H2,1-4H3. The Bertz CT molecular complexity index is 372. The van der Waals surface area contributed by atoms with Crippen LogP contribution in [-0.4, -0.2) is 37.1 Å². The summed E-state index contributed by atoms with van der Waals surface area (Å²) in [7, 11) is 1.65. The van der Waals surface area contributed by atoms with E-state index in [0.29, 0.717) is 13.2 Å². The zero-order valence-electron chi connectivity index (χ0n) is 10.6. The molecular formula is C12H18BrNO2S. The molecular weight excluding hydrogens is 302 g/mol. The van der Waals surface area contributed by atoms with Gasteiger partial charge in [0.15, 0.2) is 0 Å². The summed E-state index contributed by atoms with van der Waals surface area (Å²) >= 11 is 4.93. The van der Waals surface area contributed by atoms with Crippen LogP contribution in [0.5, 0.6) is 0 Å². The Morgan fingerprint density at radius 3 is 2.71 bits per heavy atom. The van der Waals surface area contributed by atoms with Gasteiger partial charge in [-0.15, -0.1) is 11.3 Å². The third-order valence-corrected chi connectivity index (χ3v) is 4.73. The maximum Gasteiger partial charge on any atom is 0.264 e. The van der Waals surface area contributed by atoms with Gasteiger partial charge in [0.05, 0.1) is 21.3 Å². The van der Waals surface area contributed by atoms with Gasteiger partial charge in [-0.2, -0.15) is 0 Å². The number of likely N-dealkylation sites (N-methyl/N-ethyl adjacent to an activating group) is 1. The van der Waals surface area contributed by atoms with Crippen LogP contribution in [-0.2, 0) is 4.74 Å². The Balaban J connectivity index is 2.85. The Morgan fingerprint density at radius 2 is 2.29 bits per heavy atom. The van der Waals surface area contributed by atoms with Gasteiger partial charge in [-0.05, 0) is 48.3 Å². The van der Waals surface area contributed by atoms with Crippen LogP contribution in [0.25, 0.3) is 0 Å². The van der Waals surface area contributed by atoms with Crippen molar-refractivity contribution < 1.29 is 9.53 Å². The molecule has 5 heteroatoms. The molecule has 1 aromatic heterocycles. The maximum absolute atomic E-state index is 12.3. The number of ether oxygens (including phenoxy) is 1. The molecule has 1 amide bonds. The lowest BCUT2D eigenvalue weighted by molar-refractivity contribution is 0.0584. The molecule has 0 saturated carbocycles. The van der Waals surface area contributed by atoms with Crippen LogP contribution >= 0.6 is 27.3 Å². The van der Waals surface area contributed by atoms with Gasteiger partial charge in [-0.3, -0.25) is 4.79 Å². The normalized spacial score (nSPS) is 12.5. The van der Waals surface area contributed by atoms with Crippen molar-refractivity contribution in [2.45, 2.75) is 26.8 Å². The molecule has 1 aromatic rings. The number of hydrogen-bond donors (Lipinski definition) is 0. The van der Waals surface area contributed by atoms with Gasteiger partial charge < -0.3 is 9.64 Å². The number of aryl methyl sites for hydroxylation is 1. The van der Waals surface area contributed by atoms with E-state index in [1.807, 2.05) is 31.7 Å². The predicted molar refractivity (Wildman–Crippen MR) is 74.8 cm³/mol. The Hall–Kier alpha value is -0.390. The summed E-state index contributed by atoms with van der Waals surface area (Å²) < 4.78 is 6.13. The van der Waals surface area contributed by atoms with Gasteiger partial charge in [0, 0.05) is 13.7 Å². The fourth-order valence-corrected chi connectivity index (χ4v) is 3.18. The topological polar surface area (TPSA) is 29.5 Å². The summed E-state index contributed by atoms with van der Waals surface area (Å²) in [4.78, 5) is 14.9. The Kier molecular flexibility index (Phi) is 5.62. The summed E-state index contributed by atoms with van der Waals surface area (Å²) in [5.41, 5.74) is 1.11. The molecule has 3 nitrogen and oxygen atoms in total. The summed E-state index contributed by atoms with van der Waals surface area (Å²) in [5, 5.41) is 0. The highest BCUT2D eigenvalue weighted by molar-refractivity contribution is 9.11. The summed E-state index contributed by atoms with van der Waals surface area (Å²) in [5.74, 6) is 0.0795. The first kappa shape index (κ1) is 14.7. The van der Waals surface area contributed by atoms with E-state index in [1.54, 1.807) is 7.11 Å². The summed E-state index contributed by atoms with van der Waals surface area (Å²) in [6.07, 6.45) is 0. The first-order valence-electron chi connectivity index (χ1n) is 5.57. The second-order valence-electron chi connectivity index (χ2n) is 3.96. The number of amides is 1. The highest BCUT2D eigenvalue weighted by Crippen LogP contribution is 2.28. The lowest BCUT2D eigenvalue weighted by Gasteiger charge is -2.27. The van der Waals surface area contributed by atoms with E-state index in [1.165, 1.54) is 11.3 Å². The molecule has 0 N–H and O–H groups in total. The SMILES string of the molecule is CCN(C(=O)c1cc(C)c(Br)s1)C(C)COC. The van der Waals surface area contributed by atoms with E-state index in [4.69, 9.17) is 4.74 Å². The van der Waals surface area contributed by atoms with Crippen molar-refractivity contribution >= 4 is 33.2 Å². The molecule has 0 saturated heterocycles. The summed E-state index contributed by atoms with van der Waals surface area (Å²) in [6, 6.07) is 2.03. The van der Waals surface area contributed by atoms with Crippen molar-refractivity contribution in [1.82, 2.24) is 4.90 Å². The van der Waals surface area contributed by atoms with Gasteiger partial charge in [0.1, 0.15) is 0 Å². The second kappa shape index (κ2) is 6.52. The maximum atomic E-state index is 12.3. The fourth-order valence-electron chi connectivity index (χ4n) is 1.69. The van der Waals surface area contributed by atoms with E-state index in [0.717, 1.165) is 14.2 Å². The van der Waals surface area contributed by atoms with Crippen molar-refractivity contribution in [2.75, 3.05) is 20.3 Å². The van der Waals surface area contributed by atoms with E-state index in [2.05, 4.69) is 15.9 Å². The minimum atomic E-state index is 0.0795. The zero-order chi connectivity index (χ0) is 13.0. The molecule has 1 rings (SSSR count). The largest absolute Gasteiger partial charge is 0.383 e. The number of hydrogen-bond acceptors (Lipinski definition) is 3. The minimum absolute atomic E-state index is 0.0795. The monoisotopic (exact) mass is 319 g/mol. The second-order valence-corrected chi connectivity index (χ2v) is 6.33. The highest BCUT2D eigenvalue weighted by Gasteiger charge is 2.21. The highest BCUT2D eigenvalue weighted by atomic mass is 79.9. The van der Waals surface area contributed by atoms with E-state index < -0.39 is 0 Å². The zero-order valence-corrected chi connectivity index (χ0v) is 13.0. The van der Waals surface area contributed by atoms with E-state index >= 15 is 0 Å². The molecule has 0 aliphatic rings. The molecule has 0 aromatic carbocycles. The van der Waals surface area contributed by atoms with Gasteiger partial charge in [-0.25, -0.2) is 0 Å². The molecule has 17 heavy (non-hydrogen) atoms. The molecule has 0 radical (unpaired) electrons. The van der Waals surface area contributed by atoms with Crippen LogP contribution in [0.2, 0.25) is 0 Å². The lowest BCUT2D eigenvalue weighted by atomic mass is 10.2. The molecule has 1 heterocycles. The number of thiophene rings is 1. The third kappa shape index (κ3) is 3.53. The molecule has 0 aliphatic heterocycles. The van der Waals surface area contributed by atoms with Gasteiger partial charge in [0.2, 0.25) is 0 Å². The lowest BCUT2D eigenvalue weighted by Crippen LogP contribution is -2.40. The van der Waals surface area contributed by atoms with E-state index in [-0.39, 0.29) is 11.9 Å². The van der Waals surface area contributed by atoms with Crippen LogP contribution < -0.4 is 0 Å². The predicted octanol–water partition coefficient (Wildman–Crippen LogP) is 3.32. The quantitative estimate of drug-likeness (QED) is 0.833. The number of methoxy groups -OCH3 is 1. The van der Waals surface area contributed by atoms with Crippen LogP contribution in [0.4, 0.5) is 0 Å². The number of carbonyl (C=O) groups excluding carboxylic acids is 1. The van der Waals surface area contributed by atoms with Crippen LogP contribution in [0.3, 0.4) is 0 Å². The van der Waals surface area contributed by atoms with Crippen LogP contribution in [0.1, 0.15) is 29.1 Å². The Morgan fingerprint density at radius 1 is 1.65 bits per heavy atom. The molecule has 1 atom stereocenters. The number of carbonyl (C=O) groups is 1. The van der Waals surface area contributed by atoms with Crippen molar-refractivity contribution in [1.29, 1.82) is 0 Å². The Labute approximate surface area is 115 Å². The van der Waals surface area contributed by atoms with Crippen LogP contribution in [0, 0.1) is 6.92 Å². The average Bonchev–Trinajstić information content (AvgIpc) is 2.60. The molecule has 0 fully saturated rings. The van der Waals surface area contributed by atoms with Gasteiger partial charge in [0.25, 0.3) is 5.91 Å². The molecule has 1 unspecified atom stereocenters. The molecule has 0 spiro atoms. The number of nitrogens with zero attached hydrogens (tertiary/aromatic N) is 1. The summed E-state index contributed by atoms with van der Waals surface area (Å²) in [6.45, 7) is 7.23. The smallest absolute Gasteiger partial charge is 0.264 e. The first-order valence-corrected chi connectivity index (χ1v) is 7.18. The average molecular weight is 320 g/mol.